The number of allylic oxidation sites excluding steroid dienone is 2. The average Bonchev–Trinajstić information content (AvgIpc) is 2.54. The Bertz CT molecular complexity index is 410. The largest absolute Gasteiger partial charge is 0.0620 e. The fourth-order valence-electron chi connectivity index (χ4n) is 2.88. The van der Waals surface area contributed by atoms with Crippen LogP contribution in [-0.4, -0.2) is 0 Å². The van der Waals surface area contributed by atoms with Crippen molar-refractivity contribution in [3.8, 4) is 0 Å². The summed E-state index contributed by atoms with van der Waals surface area (Å²) >= 11 is 0. The van der Waals surface area contributed by atoms with Crippen molar-refractivity contribution in [1.82, 2.24) is 0 Å². The van der Waals surface area contributed by atoms with Crippen LogP contribution in [0.3, 0.4) is 0 Å². The predicted octanol–water partition coefficient (Wildman–Crippen LogP) is 3.88. The lowest BCUT2D eigenvalue weighted by Gasteiger charge is -2.13. The highest BCUT2D eigenvalue weighted by molar-refractivity contribution is 5.77. The summed E-state index contributed by atoms with van der Waals surface area (Å²) in [7, 11) is 0. The first kappa shape index (κ1) is 8.28. The maximum Gasteiger partial charge on any atom is -0.00549 e. The molecule has 0 unspecified atom stereocenters. The topological polar surface area (TPSA) is 0 Å². The third-order valence-corrected chi connectivity index (χ3v) is 3.57. The minimum Gasteiger partial charge on any atom is -0.0620 e. The molecule has 0 saturated heterocycles. The highest BCUT2D eigenvalue weighted by Gasteiger charge is 2.22. The zero-order valence-corrected chi connectivity index (χ0v) is 8.77. The molecule has 0 amide bonds. The average molecular weight is 184 g/mol. The summed E-state index contributed by atoms with van der Waals surface area (Å²) in [4.78, 5) is 0. The summed E-state index contributed by atoms with van der Waals surface area (Å²) < 4.78 is 0. The third kappa shape index (κ3) is 1.13. The maximum atomic E-state index is 2.37. The highest BCUT2D eigenvalue weighted by atomic mass is 14.3. The lowest BCUT2D eigenvalue weighted by molar-refractivity contribution is 0.711. The van der Waals surface area contributed by atoms with Crippen LogP contribution in [0, 0.1) is 6.92 Å². The Hall–Kier alpha value is -1.04. The number of rotatable bonds is 0. The number of hydrogen-bond donors (Lipinski definition) is 0. The van der Waals surface area contributed by atoms with E-state index in [0.717, 1.165) is 0 Å². The Morgan fingerprint density at radius 2 is 1.93 bits per heavy atom. The molecule has 0 heterocycles. The molecule has 0 atom stereocenters. The van der Waals surface area contributed by atoms with E-state index in [1.54, 1.807) is 22.3 Å². The second-order valence-corrected chi connectivity index (χ2v) is 4.63. The van der Waals surface area contributed by atoms with E-state index < -0.39 is 0 Å². The van der Waals surface area contributed by atoms with Crippen LogP contribution in [0.25, 0.3) is 5.57 Å². The van der Waals surface area contributed by atoms with Gasteiger partial charge in [0, 0.05) is 0 Å². The molecule has 0 radical (unpaired) electrons. The van der Waals surface area contributed by atoms with Crippen LogP contribution >= 0.6 is 0 Å². The number of benzene rings is 1. The van der Waals surface area contributed by atoms with Crippen molar-refractivity contribution in [3.05, 3.63) is 40.5 Å². The van der Waals surface area contributed by atoms with Crippen molar-refractivity contribution in [2.45, 2.75) is 39.0 Å². The quantitative estimate of drug-likeness (QED) is 0.574. The van der Waals surface area contributed by atoms with Gasteiger partial charge in [0.2, 0.25) is 0 Å². The summed E-state index contributed by atoms with van der Waals surface area (Å²) in [5, 5.41) is 0. The van der Waals surface area contributed by atoms with E-state index in [1.165, 1.54) is 37.7 Å². The summed E-state index contributed by atoms with van der Waals surface area (Å²) in [6.07, 6.45) is 6.72. The summed E-state index contributed by atoms with van der Waals surface area (Å²) in [6, 6.07) is 6.95. The van der Waals surface area contributed by atoms with E-state index >= 15 is 0 Å². The third-order valence-electron chi connectivity index (χ3n) is 3.57. The molecule has 0 N–H and O–H groups in total. The van der Waals surface area contributed by atoms with Crippen LogP contribution in [0.5, 0.6) is 0 Å². The van der Waals surface area contributed by atoms with Gasteiger partial charge in [0.25, 0.3) is 0 Å². The van der Waals surface area contributed by atoms with Gasteiger partial charge < -0.3 is 0 Å². The molecule has 3 rings (SSSR count). The van der Waals surface area contributed by atoms with Gasteiger partial charge >= 0.3 is 0 Å². The van der Waals surface area contributed by atoms with E-state index in [4.69, 9.17) is 0 Å². The minimum absolute atomic E-state index is 1.24. The number of aryl methyl sites for hydroxylation is 1. The fraction of sp³-hybridized carbons (Fsp3) is 0.429. The van der Waals surface area contributed by atoms with Crippen molar-refractivity contribution in [3.63, 3.8) is 0 Å². The van der Waals surface area contributed by atoms with Gasteiger partial charge in [0.1, 0.15) is 0 Å². The lowest BCUT2D eigenvalue weighted by Crippen LogP contribution is -1.93. The van der Waals surface area contributed by atoms with Crippen molar-refractivity contribution in [1.29, 1.82) is 0 Å². The zero-order chi connectivity index (χ0) is 9.54. The number of fused-ring (bicyclic) bond motifs is 2. The van der Waals surface area contributed by atoms with E-state index in [0.29, 0.717) is 0 Å². The van der Waals surface area contributed by atoms with Gasteiger partial charge in [-0.1, -0.05) is 29.3 Å². The van der Waals surface area contributed by atoms with Gasteiger partial charge in [-0.2, -0.15) is 0 Å². The summed E-state index contributed by atoms with van der Waals surface area (Å²) in [5.41, 5.74) is 7.97. The van der Waals surface area contributed by atoms with Gasteiger partial charge in [0.15, 0.2) is 0 Å². The Labute approximate surface area is 85.6 Å². The van der Waals surface area contributed by atoms with Crippen LogP contribution in [0.1, 0.15) is 42.4 Å². The second kappa shape index (κ2) is 2.98. The van der Waals surface area contributed by atoms with Gasteiger partial charge in [0.05, 0.1) is 0 Å². The lowest BCUT2D eigenvalue weighted by atomic mass is 9.92. The SMILES string of the molecule is Cc1ccc2c(c1)CC1=C2CCCC1. The monoisotopic (exact) mass is 184 g/mol. The first-order valence-electron chi connectivity index (χ1n) is 5.65. The molecule has 2 aliphatic carbocycles. The van der Waals surface area contributed by atoms with E-state index in [1.807, 2.05) is 0 Å². The highest BCUT2D eigenvalue weighted by Crippen LogP contribution is 2.41. The molecule has 0 heteroatoms. The molecule has 1 aromatic rings. The zero-order valence-electron chi connectivity index (χ0n) is 8.77. The first-order chi connectivity index (χ1) is 6.84. The number of hydrogen-bond acceptors (Lipinski definition) is 0. The fourth-order valence-corrected chi connectivity index (χ4v) is 2.88. The van der Waals surface area contributed by atoms with Crippen molar-refractivity contribution in [2.75, 3.05) is 0 Å². The Morgan fingerprint density at radius 3 is 2.86 bits per heavy atom. The van der Waals surface area contributed by atoms with Crippen LogP contribution in [0.4, 0.5) is 0 Å². The maximum absolute atomic E-state index is 2.37. The molecule has 0 spiro atoms. The van der Waals surface area contributed by atoms with Gasteiger partial charge in [-0.25, -0.2) is 0 Å². The van der Waals surface area contributed by atoms with Crippen LogP contribution in [-0.2, 0) is 6.42 Å². The van der Waals surface area contributed by atoms with Crippen molar-refractivity contribution < 1.29 is 0 Å². The van der Waals surface area contributed by atoms with E-state index in [2.05, 4.69) is 25.1 Å². The molecule has 0 nitrogen and oxygen atoms in total. The molecule has 0 aromatic heterocycles. The molecule has 2 aliphatic rings. The molecule has 0 bridgehead atoms. The standard InChI is InChI=1S/C14H16/c1-10-6-7-14-12(8-10)9-11-4-2-3-5-13(11)14/h6-8H,2-5,9H2,1H3. The predicted molar refractivity (Wildman–Crippen MR) is 60.3 cm³/mol. The Morgan fingerprint density at radius 1 is 1.07 bits per heavy atom. The molecule has 0 aliphatic heterocycles. The molecular weight excluding hydrogens is 168 g/mol. The van der Waals surface area contributed by atoms with Crippen LogP contribution in [0.2, 0.25) is 0 Å². The molecule has 1 aromatic carbocycles. The van der Waals surface area contributed by atoms with Crippen LogP contribution in [0.15, 0.2) is 23.8 Å². The normalized spacial score (nSPS) is 19.5. The van der Waals surface area contributed by atoms with Crippen molar-refractivity contribution >= 4 is 5.57 Å². The van der Waals surface area contributed by atoms with E-state index in [-0.39, 0.29) is 0 Å². The first-order valence-corrected chi connectivity index (χ1v) is 5.65. The van der Waals surface area contributed by atoms with E-state index in [9.17, 15) is 0 Å². The molecule has 0 fully saturated rings. The Balaban J connectivity index is 2.10. The molecule has 0 saturated carbocycles. The molecule has 14 heavy (non-hydrogen) atoms. The van der Waals surface area contributed by atoms with Crippen LogP contribution < -0.4 is 0 Å². The molecular formula is C14H16. The summed E-state index contributed by atoms with van der Waals surface area (Å²) in [6.45, 7) is 2.19. The molecule has 72 valence electrons. The smallest absolute Gasteiger partial charge is 0.00549 e. The van der Waals surface area contributed by atoms with Gasteiger partial charge in [-0.3, -0.25) is 0 Å². The van der Waals surface area contributed by atoms with Crippen molar-refractivity contribution in [2.24, 2.45) is 0 Å². The van der Waals surface area contributed by atoms with Gasteiger partial charge in [-0.05, 0) is 55.7 Å². The Kier molecular flexibility index (Phi) is 1.76. The second-order valence-electron chi connectivity index (χ2n) is 4.63. The summed E-state index contributed by atoms with van der Waals surface area (Å²) in [5.74, 6) is 0. The minimum atomic E-state index is 1.24. The van der Waals surface area contributed by atoms with Gasteiger partial charge in [-0.15, -0.1) is 0 Å².